The molecule has 112 valence electrons. The lowest BCUT2D eigenvalue weighted by atomic mass is 10.3. The Hall–Kier alpha value is -2.44. The number of fused-ring (bicyclic) bond motifs is 2. The number of H-pyrrole nitrogens is 2. The molecule has 2 aromatic carbocycles. The molecule has 0 amide bonds. The van der Waals surface area contributed by atoms with Crippen LogP contribution in [0.25, 0.3) is 22.2 Å². The maximum absolute atomic E-state index is 10.6. The fourth-order valence-electron chi connectivity index (χ4n) is 1.84. The van der Waals surface area contributed by atoms with Crippen molar-refractivity contribution in [1.29, 1.82) is 0 Å². The van der Waals surface area contributed by atoms with Gasteiger partial charge in [-0.25, -0.2) is 9.59 Å². The van der Waals surface area contributed by atoms with Gasteiger partial charge >= 0.3 is 11.5 Å². The van der Waals surface area contributed by atoms with E-state index in [4.69, 9.17) is 32.0 Å². The predicted octanol–water partition coefficient (Wildman–Crippen LogP) is 3.55. The van der Waals surface area contributed by atoms with Crippen molar-refractivity contribution in [2.75, 3.05) is 0 Å². The summed E-state index contributed by atoms with van der Waals surface area (Å²) in [5.74, 6) is -0.912. The molecular weight excluding hydrogens is 331 g/mol. The van der Waals surface area contributed by atoms with Crippen molar-refractivity contribution < 1.29 is 8.83 Å². The normalized spacial score (nSPS) is 10.6. The zero-order chi connectivity index (χ0) is 15.7. The minimum Gasteiger partial charge on any atom is -0.408 e. The largest absolute Gasteiger partial charge is 0.417 e. The van der Waals surface area contributed by atoms with Gasteiger partial charge in [0.2, 0.25) is 0 Å². The molecule has 4 rings (SSSR count). The Morgan fingerprint density at radius 1 is 0.727 bits per heavy atom. The van der Waals surface area contributed by atoms with Gasteiger partial charge < -0.3 is 8.83 Å². The van der Waals surface area contributed by atoms with Crippen LogP contribution in [0.5, 0.6) is 0 Å². The molecular formula is C14H8Cl2N2O4. The van der Waals surface area contributed by atoms with Crippen molar-refractivity contribution in [1.82, 2.24) is 9.97 Å². The minimum atomic E-state index is -0.456. The predicted molar refractivity (Wildman–Crippen MR) is 83.7 cm³/mol. The number of rotatable bonds is 0. The van der Waals surface area contributed by atoms with Gasteiger partial charge in [-0.05, 0) is 24.3 Å². The van der Waals surface area contributed by atoms with Gasteiger partial charge in [-0.2, -0.15) is 0 Å². The summed E-state index contributed by atoms with van der Waals surface area (Å²) in [5, 5.41) is 1.11. The molecule has 0 aliphatic heterocycles. The standard InChI is InChI=1S/2C7H4ClNO2/c2*8-4-1-2-5-6(3-4)11-7(10)9-5/h2*1-3H,(H,9,10). The molecule has 0 saturated heterocycles. The fourth-order valence-corrected chi connectivity index (χ4v) is 2.16. The summed E-state index contributed by atoms with van der Waals surface area (Å²) < 4.78 is 9.51. The molecule has 0 unspecified atom stereocenters. The van der Waals surface area contributed by atoms with Crippen LogP contribution in [0.4, 0.5) is 0 Å². The first-order valence-corrected chi connectivity index (χ1v) is 6.83. The summed E-state index contributed by atoms with van der Waals surface area (Å²) in [6, 6.07) is 9.96. The summed E-state index contributed by atoms with van der Waals surface area (Å²) >= 11 is 11.3. The third kappa shape index (κ3) is 3.08. The maximum Gasteiger partial charge on any atom is 0.417 e. The first kappa shape index (κ1) is 14.5. The van der Waals surface area contributed by atoms with E-state index in [1.54, 1.807) is 36.4 Å². The first-order valence-electron chi connectivity index (χ1n) is 6.08. The highest BCUT2D eigenvalue weighted by molar-refractivity contribution is 6.31. The van der Waals surface area contributed by atoms with Gasteiger partial charge in [-0.1, -0.05) is 23.2 Å². The number of hydrogen-bond donors (Lipinski definition) is 2. The minimum absolute atomic E-state index is 0.456. The molecule has 2 N–H and O–H groups in total. The van der Waals surface area contributed by atoms with Crippen LogP contribution in [0, 0.1) is 0 Å². The molecule has 0 aliphatic rings. The topological polar surface area (TPSA) is 92.0 Å². The molecule has 22 heavy (non-hydrogen) atoms. The van der Waals surface area contributed by atoms with E-state index in [0.29, 0.717) is 32.2 Å². The van der Waals surface area contributed by atoms with Crippen molar-refractivity contribution in [3.05, 3.63) is 67.5 Å². The van der Waals surface area contributed by atoms with Gasteiger partial charge in [0.05, 0.1) is 11.0 Å². The van der Waals surface area contributed by atoms with Crippen LogP contribution < -0.4 is 11.5 Å². The van der Waals surface area contributed by atoms with Crippen molar-refractivity contribution >= 4 is 45.4 Å². The van der Waals surface area contributed by atoms with Gasteiger partial charge in [0.1, 0.15) is 0 Å². The number of aromatic amines is 2. The number of halogens is 2. The SMILES string of the molecule is O=c1[nH]c2ccc(Cl)cc2o1.O=c1[nH]c2ccc(Cl)cc2o1. The van der Waals surface area contributed by atoms with Gasteiger partial charge in [0, 0.05) is 22.2 Å². The fraction of sp³-hybridized carbons (Fsp3) is 0. The number of hydrogen-bond acceptors (Lipinski definition) is 4. The summed E-state index contributed by atoms with van der Waals surface area (Å²) in [5.41, 5.74) is 2.31. The molecule has 0 aliphatic carbocycles. The maximum atomic E-state index is 10.6. The van der Waals surface area contributed by atoms with Crippen molar-refractivity contribution in [3.8, 4) is 0 Å². The van der Waals surface area contributed by atoms with Crippen LogP contribution in [0.3, 0.4) is 0 Å². The van der Waals surface area contributed by atoms with E-state index < -0.39 is 11.5 Å². The number of aromatic nitrogens is 2. The van der Waals surface area contributed by atoms with Crippen molar-refractivity contribution in [3.63, 3.8) is 0 Å². The van der Waals surface area contributed by atoms with E-state index >= 15 is 0 Å². The van der Waals surface area contributed by atoms with E-state index in [2.05, 4.69) is 9.97 Å². The monoisotopic (exact) mass is 338 g/mol. The molecule has 8 heteroatoms. The van der Waals surface area contributed by atoms with E-state index in [1.165, 1.54) is 0 Å². The molecule has 0 radical (unpaired) electrons. The lowest BCUT2D eigenvalue weighted by Crippen LogP contribution is -1.92. The van der Waals surface area contributed by atoms with Gasteiger partial charge in [0.15, 0.2) is 11.2 Å². The van der Waals surface area contributed by atoms with Crippen LogP contribution >= 0.6 is 23.2 Å². The van der Waals surface area contributed by atoms with E-state index in [9.17, 15) is 9.59 Å². The summed E-state index contributed by atoms with van der Waals surface area (Å²) in [6.07, 6.45) is 0. The lowest BCUT2D eigenvalue weighted by Gasteiger charge is -1.85. The molecule has 0 spiro atoms. The zero-order valence-corrected chi connectivity index (χ0v) is 12.4. The van der Waals surface area contributed by atoms with Gasteiger partial charge in [-0.15, -0.1) is 0 Å². The molecule has 0 atom stereocenters. The Balaban J connectivity index is 0.000000131. The number of nitrogens with one attached hydrogen (secondary N) is 2. The zero-order valence-electron chi connectivity index (χ0n) is 10.9. The number of oxazole rings is 2. The smallest absolute Gasteiger partial charge is 0.408 e. The molecule has 0 bridgehead atoms. The van der Waals surface area contributed by atoms with E-state index in [0.717, 1.165) is 0 Å². The highest BCUT2D eigenvalue weighted by Crippen LogP contribution is 2.16. The Morgan fingerprint density at radius 3 is 1.55 bits per heavy atom. The lowest BCUT2D eigenvalue weighted by molar-refractivity contribution is 0.555. The second kappa shape index (κ2) is 5.75. The molecule has 0 fully saturated rings. The quantitative estimate of drug-likeness (QED) is 0.512. The third-order valence-corrected chi connectivity index (χ3v) is 3.24. The highest BCUT2D eigenvalue weighted by atomic mass is 35.5. The summed E-state index contributed by atoms with van der Waals surface area (Å²) in [7, 11) is 0. The number of benzene rings is 2. The average Bonchev–Trinajstić information content (AvgIpc) is 2.99. The molecule has 6 nitrogen and oxygen atoms in total. The highest BCUT2D eigenvalue weighted by Gasteiger charge is 2.00. The van der Waals surface area contributed by atoms with Crippen LogP contribution in [0.1, 0.15) is 0 Å². The van der Waals surface area contributed by atoms with Crippen LogP contribution in [0.2, 0.25) is 10.0 Å². The second-order valence-corrected chi connectivity index (χ2v) is 5.18. The van der Waals surface area contributed by atoms with Gasteiger partial charge in [0.25, 0.3) is 0 Å². The summed E-state index contributed by atoms with van der Waals surface area (Å²) in [6.45, 7) is 0. The Labute approximate surface area is 132 Å². The Kier molecular flexibility index (Phi) is 3.79. The third-order valence-electron chi connectivity index (χ3n) is 2.77. The van der Waals surface area contributed by atoms with Crippen molar-refractivity contribution in [2.24, 2.45) is 0 Å². The molecule has 2 aromatic heterocycles. The Bertz CT molecular complexity index is 972. The van der Waals surface area contributed by atoms with Crippen molar-refractivity contribution in [2.45, 2.75) is 0 Å². The molecule has 4 aromatic rings. The van der Waals surface area contributed by atoms with Gasteiger partial charge in [-0.3, -0.25) is 9.97 Å². The van der Waals surface area contributed by atoms with Crippen LogP contribution in [-0.4, -0.2) is 9.97 Å². The molecule has 2 heterocycles. The molecule has 0 saturated carbocycles. The van der Waals surface area contributed by atoms with Crippen LogP contribution in [0.15, 0.2) is 54.8 Å². The second-order valence-electron chi connectivity index (χ2n) is 4.31. The van der Waals surface area contributed by atoms with E-state index in [-0.39, 0.29) is 0 Å². The Morgan fingerprint density at radius 2 is 1.14 bits per heavy atom. The first-order chi connectivity index (χ1) is 10.5. The van der Waals surface area contributed by atoms with Crippen LogP contribution in [-0.2, 0) is 0 Å². The average molecular weight is 339 g/mol. The summed E-state index contributed by atoms with van der Waals surface area (Å²) in [4.78, 5) is 26.3. The van der Waals surface area contributed by atoms with E-state index in [1.807, 2.05) is 0 Å².